The van der Waals surface area contributed by atoms with Gasteiger partial charge in [0.25, 0.3) is 0 Å². The van der Waals surface area contributed by atoms with E-state index < -0.39 is 5.60 Å². The lowest BCUT2D eigenvalue weighted by Gasteiger charge is -2.33. The lowest BCUT2D eigenvalue weighted by Crippen LogP contribution is -2.41. The lowest BCUT2D eigenvalue weighted by atomic mass is 9.94. The Kier molecular flexibility index (Phi) is 4.75. The van der Waals surface area contributed by atoms with Gasteiger partial charge in [-0.1, -0.05) is 11.6 Å². The molecule has 0 aliphatic carbocycles. The quantitative estimate of drug-likeness (QED) is 0.698. The molecule has 8 heteroatoms. The number of hydrogen-bond donors (Lipinski definition) is 0. The van der Waals surface area contributed by atoms with E-state index in [1.54, 1.807) is 15.5 Å². The Hall–Kier alpha value is -1.34. The van der Waals surface area contributed by atoms with Gasteiger partial charge in [0.15, 0.2) is 10.8 Å². The van der Waals surface area contributed by atoms with E-state index >= 15 is 0 Å². The smallest absolute Gasteiger partial charge is 0.410 e. The number of hydrogen-bond acceptors (Lipinski definition) is 4. The van der Waals surface area contributed by atoms with E-state index in [-0.39, 0.29) is 12.0 Å². The molecule has 0 unspecified atom stereocenters. The van der Waals surface area contributed by atoms with Crippen molar-refractivity contribution in [3.63, 3.8) is 0 Å². The summed E-state index contributed by atoms with van der Waals surface area (Å²) >= 11 is 9.52. The summed E-state index contributed by atoms with van der Waals surface area (Å²) in [6.45, 7) is 6.96. The molecule has 1 aliphatic rings. The summed E-state index contributed by atoms with van der Waals surface area (Å²) in [4.78, 5) is 18.4. The highest BCUT2D eigenvalue weighted by molar-refractivity contribution is 9.10. The van der Waals surface area contributed by atoms with Crippen molar-refractivity contribution in [3.05, 3.63) is 27.6 Å². The standard InChI is InChI=1S/C16H20BrClN4O2/c1-16(2,3)24-15(23)21-6-4-10(5-7-21)12-9-19-14-11(17)8-13(18)20-22(12)14/h8-10H,4-7H2,1-3H3. The first-order valence-electron chi connectivity index (χ1n) is 7.92. The van der Waals surface area contributed by atoms with Gasteiger partial charge in [0, 0.05) is 19.0 Å². The van der Waals surface area contributed by atoms with E-state index in [9.17, 15) is 4.79 Å². The van der Waals surface area contributed by atoms with Gasteiger partial charge in [0.1, 0.15) is 5.60 Å². The van der Waals surface area contributed by atoms with Crippen LogP contribution >= 0.6 is 27.5 Å². The number of rotatable bonds is 1. The molecule has 0 radical (unpaired) electrons. The highest BCUT2D eigenvalue weighted by Gasteiger charge is 2.29. The van der Waals surface area contributed by atoms with Crippen LogP contribution in [0.5, 0.6) is 0 Å². The Bertz CT molecular complexity index is 763. The molecule has 1 fully saturated rings. The zero-order valence-corrected chi connectivity index (χ0v) is 16.3. The van der Waals surface area contributed by atoms with Gasteiger partial charge < -0.3 is 9.64 Å². The number of ether oxygens (including phenoxy) is 1. The van der Waals surface area contributed by atoms with Gasteiger partial charge in [0.05, 0.1) is 16.4 Å². The molecular weight excluding hydrogens is 396 g/mol. The Morgan fingerprint density at radius 1 is 1.38 bits per heavy atom. The molecule has 0 bridgehead atoms. The first kappa shape index (κ1) is 17.5. The molecule has 1 amide bonds. The maximum Gasteiger partial charge on any atom is 0.410 e. The molecule has 1 aliphatic heterocycles. The number of amides is 1. The van der Waals surface area contributed by atoms with E-state index in [1.807, 2.05) is 27.0 Å². The molecule has 6 nitrogen and oxygen atoms in total. The molecule has 0 saturated carbocycles. The van der Waals surface area contributed by atoms with Crippen LogP contribution in [0.15, 0.2) is 16.7 Å². The maximum absolute atomic E-state index is 12.2. The molecule has 3 rings (SSSR count). The molecule has 0 N–H and O–H groups in total. The highest BCUT2D eigenvalue weighted by atomic mass is 79.9. The number of likely N-dealkylation sites (tertiary alicyclic amines) is 1. The maximum atomic E-state index is 12.2. The predicted molar refractivity (Wildman–Crippen MR) is 95.5 cm³/mol. The normalized spacial score (nSPS) is 16.6. The van der Waals surface area contributed by atoms with Crippen LogP contribution in [0.3, 0.4) is 0 Å². The zero-order valence-electron chi connectivity index (χ0n) is 13.9. The summed E-state index contributed by atoms with van der Waals surface area (Å²) in [7, 11) is 0. The highest BCUT2D eigenvalue weighted by Crippen LogP contribution is 2.31. The lowest BCUT2D eigenvalue weighted by molar-refractivity contribution is 0.0203. The molecule has 130 valence electrons. The van der Waals surface area contributed by atoms with Crippen LogP contribution < -0.4 is 0 Å². The fraction of sp³-hybridized carbons (Fsp3) is 0.562. The molecule has 1 saturated heterocycles. The number of nitrogens with zero attached hydrogens (tertiary/aromatic N) is 4. The Labute approximate surface area is 154 Å². The first-order chi connectivity index (χ1) is 11.2. The van der Waals surface area contributed by atoms with Crippen molar-refractivity contribution in [2.24, 2.45) is 0 Å². The van der Waals surface area contributed by atoms with Crippen LogP contribution in [-0.4, -0.2) is 44.3 Å². The van der Waals surface area contributed by atoms with Crippen molar-refractivity contribution in [2.75, 3.05) is 13.1 Å². The summed E-state index contributed by atoms with van der Waals surface area (Å²) in [5, 5.41) is 4.78. The average Bonchev–Trinajstić information content (AvgIpc) is 2.89. The summed E-state index contributed by atoms with van der Waals surface area (Å²) in [6.07, 6.45) is 3.29. The van der Waals surface area contributed by atoms with E-state index in [0.717, 1.165) is 28.7 Å². The SMILES string of the molecule is CC(C)(C)OC(=O)N1CCC(c2cnc3c(Br)cc(Cl)nn23)CC1. The van der Waals surface area contributed by atoms with Gasteiger partial charge >= 0.3 is 6.09 Å². The minimum atomic E-state index is -0.470. The van der Waals surface area contributed by atoms with Gasteiger partial charge in [-0.05, 0) is 55.6 Å². The first-order valence-corrected chi connectivity index (χ1v) is 9.09. The summed E-state index contributed by atoms with van der Waals surface area (Å²) in [6, 6.07) is 1.73. The molecule has 2 aromatic rings. The predicted octanol–water partition coefficient (Wildman–Crippen LogP) is 4.26. The largest absolute Gasteiger partial charge is 0.444 e. The van der Waals surface area contributed by atoms with Crippen molar-refractivity contribution >= 4 is 39.3 Å². The summed E-state index contributed by atoms with van der Waals surface area (Å²) in [5.41, 5.74) is 1.31. The molecule has 0 spiro atoms. The second kappa shape index (κ2) is 6.52. The number of fused-ring (bicyclic) bond motifs is 1. The fourth-order valence-corrected chi connectivity index (χ4v) is 3.69. The third-order valence-electron chi connectivity index (χ3n) is 3.98. The summed E-state index contributed by atoms with van der Waals surface area (Å²) < 4.78 is 8.05. The summed E-state index contributed by atoms with van der Waals surface area (Å²) in [5.74, 6) is 0.288. The van der Waals surface area contributed by atoms with Gasteiger partial charge in [-0.2, -0.15) is 5.10 Å². The van der Waals surface area contributed by atoms with Crippen molar-refractivity contribution < 1.29 is 9.53 Å². The Morgan fingerprint density at radius 3 is 2.67 bits per heavy atom. The monoisotopic (exact) mass is 414 g/mol. The van der Waals surface area contributed by atoms with Gasteiger partial charge in [0.2, 0.25) is 0 Å². The number of carbonyl (C=O) groups excluding carboxylic acids is 1. The van der Waals surface area contributed by atoms with Crippen LogP contribution in [0, 0.1) is 0 Å². The van der Waals surface area contributed by atoms with Crippen molar-refractivity contribution in [1.29, 1.82) is 0 Å². The van der Waals surface area contributed by atoms with Crippen LogP contribution in [0.25, 0.3) is 5.65 Å². The van der Waals surface area contributed by atoms with Gasteiger partial charge in [-0.3, -0.25) is 0 Å². The minimum Gasteiger partial charge on any atom is -0.444 e. The van der Waals surface area contributed by atoms with E-state index in [4.69, 9.17) is 16.3 Å². The molecular formula is C16H20BrClN4O2. The molecule has 0 atom stereocenters. The van der Waals surface area contributed by atoms with E-state index in [2.05, 4.69) is 26.0 Å². The van der Waals surface area contributed by atoms with Crippen LogP contribution in [0.1, 0.15) is 45.2 Å². The Balaban J connectivity index is 1.72. The topological polar surface area (TPSA) is 59.7 Å². The molecule has 0 aromatic carbocycles. The number of carbonyl (C=O) groups is 1. The van der Waals surface area contributed by atoms with Gasteiger partial charge in [-0.15, -0.1) is 0 Å². The van der Waals surface area contributed by atoms with E-state index in [0.29, 0.717) is 18.2 Å². The molecule has 2 aromatic heterocycles. The van der Waals surface area contributed by atoms with Crippen LogP contribution in [0.2, 0.25) is 5.15 Å². The Morgan fingerprint density at radius 2 is 2.04 bits per heavy atom. The number of piperidine rings is 1. The van der Waals surface area contributed by atoms with Crippen molar-refractivity contribution in [3.8, 4) is 0 Å². The van der Waals surface area contributed by atoms with E-state index in [1.165, 1.54) is 0 Å². The average molecular weight is 416 g/mol. The number of imidazole rings is 1. The fourth-order valence-electron chi connectivity index (χ4n) is 2.88. The third-order valence-corrected chi connectivity index (χ3v) is 4.75. The molecule has 3 heterocycles. The van der Waals surface area contributed by atoms with Crippen molar-refractivity contribution in [2.45, 2.75) is 45.1 Å². The number of halogens is 2. The third kappa shape index (κ3) is 3.67. The van der Waals surface area contributed by atoms with Gasteiger partial charge in [-0.25, -0.2) is 14.3 Å². The second-order valence-corrected chi connectivity index (χ2v) is 8.22. The minimum absolute atomic E-state index is 0.247. The zero-order chi connectivity index (χ0) is 17.5. The number of aromatic nitrogens is 3. The molecule has 24 heavy (non-hydrogen) atoms. The van der Waals surface area contributed by atoms with Crippen molar-refractivity contribution in [1.82, 2.24) is 19.5 Å². The van der Waals surface area contributed by atoms with Crippen LogP contribution in [-0.2, 0) is 4.74 Å². The van der Waals surface area contributed by atoms with Crippen LogP contribution in [0.4, 0.5) is 4.79 Å². The second-order valence-electron chi connectivity index (χ2n) is 6.98.